The summed E-state index contributed by atoms with van der Waals surface area (Å²) in [4.78, 5) is 36.8. The second-order valence-corrected chi connectivity index (χ2v) is 7.79. The van der Waals surface area contributed by atoms with Gasteiger partial charge in [0.05, 0.1) is 6.54 Å². The maximum absolute atomic E-state index is 12.7. The number of hydrogen-bond donors (Lipinski definition) is 3. The molecule has 0 saturated carbocycles. The normalized spacial score (nSPS) is 16.9. The minimum absolute atomic E-state index is 0.000231. The van der Waals surface area contributed by atoms with Crippen LogP contribution in [0.2, 0.25) is 0 Å². The topological polar surface area (TPSA) is 142 Å². The predicted octanol–water partition coefficient (Wildman–Crippen LogP) is 0.784. The van der Waals surface area contributed by atoms with E-state index in [4.69, 9.17) is 9.29 Å². The molecule has 2 atom stereocenters. The third-order valence-electron chi connectivity index (χ3n) is 4.36. The Morgan fingerprint density at radius 3 is 2.27 bits per heavy atom. The van der Waals surface area contributed by atoms with Crippen molar-refractivity contribution >= 4 is 28.2 Å². The molecule has 30 heavy (non-hydrogen) atoms. The smallest absolute Gasteiger partial charge is 0.408 e. The van der Waals surface area contributed by atoms with Crippen LogP contribution in [0.5, 0.6) is 0 Å². The van der Waals surface area contributed by atoms with Crippen LogP contribution in [-0.2, 0) is 31.2 Å². The molecule has 1 saturated heterocycles. The highest BCUT2D eigenvalue weighted by Gasteiger charge is 2.45. The lowest BCUT2D eigenvalue weighted by Gasteiger charge is -2.36. The van der Waals surface area contributed by atoms with Gasteiger partial charge in [-0.1, -0.05) is 60.7 Å². The third kappa shape index (κ3) is 5.13. The van der Waals surface area contributed by atoms with E-state index in [1.165, 1.54) is 0 Å². The average molecular weight is 433 g/mol. The summed E-state index contributed by atoms with van der Waals surface area (Å²) in [6.07, 6.45) is -0.845. The van der Waals surface area contributed by atoms with Crippen LogP contribution in [0, 0.1) is 0 Å². The first-order chi connectivity index (χ1) is 14.3. The molecule has 1 fully saturated rings. The van der Waals surface area contributed by atoms with Crippen LogP contribution < -0.4 is 10.6 Å². The van der Waals surface area contributed by atoms with E-state index >= 15 is 0 Å². The Morgan fingerprint density at radius 1 is 1.10 bits per heavy atom. The minimum Gasteiger partial charge on any atom is -0.445 e. The Bertz CT molecular complexity index is 1030. The van der Waals surface area contributed by atoms with Crippen LogP contribution >= 0.6 is 0 Å². The monoisotopic (exact) mass is 433 g/mol. The summed E-state index contributed by atoms with van der Waals surface area (Å²) in [5, 5.41) is 4.82. The second-order valence-electron chi connectivity index (χ2n) is 6.46. The number of β-lactam (4-membered cyclic amide) rings is 1. The van der Waals surface area contributed by atoms with E-state index in [0.717, 1.165) is 5.56 Å². The van der Waals surface area contributed by atoms with E-state index in [0.29, 0.717) is 5.56 Å². The molecule has 0 radical (unpaired) electrons. The summed E-state index contributed by atoms with van der Waals surface area (Å²) in [5.74, 6) is -1.70. The Morgan fingerprint density at radius 2 is 1.70 bits per heavy atom. The standard InChI is InChI=1S/C19H19N3O7S/c23-17(20-15-11-22(18(15)24)30(26,27)28)16(14-9-5-2-6-10-14)21-19(25)29-12-13-7-3-1-4-8-13/h1-10,15-16H,11-12H2,(H,20,23)(H,21,25)(H,26,27,28). The van der Waals surface area contributed by atoms with E-state index in [2.05, 4.69) is 10.6 Å². The summed E-state index contributed by atoms with van der Waals surface area (Å²) in [5.41, 5.74) is 1.20. The van der Waals surface area contributed by atoms with Gasteiger partial charge in [0.2, 0.25) is 5.91 Å². The number of benzene rings is 2. The van der Waals surface area contributed by atoms with E-state index in [1.54, 1.807) is 54.6 Å². The Labute approximate surface area is 172 Å². The summed E-state index contributed by atoms with van der Waals surface area (Å²) >= 11 is 0. The molecule has 2 aromatic carbocycles. The van der Waals surface area contributed by atoms with E-state index in [1.807, 2.05) is 6.07 Å². The SMILES string of the molecule is O=C(NC(C(=O)NC1CN(S(=O)(=O)O)C1=O)c1ccccc1)OCc1ccccc1. The van der Waals surface area contributed by atoms with Gasteiger partial charge in [0.1, 0.15) is 18.7 Å². The highest BCUT2D eigenvalue weighted by atomic mass is 32.2. The molecular formula is C19H19N3O7S. The molecule has 2 aromatic rings. The fourth-order valence-electron chi connectivity index (χ4n) is 2.79. The first kappa shape index (κ1) is 21.3. The lowest BCUT2D eigenvalue weighted by atomic mass is 10.0. The van der Waals surface area contributed by atoms with Gasteiger partial charge in [-0.05, 0) is 11.1 Å². The van der Waals surface area contributed by atoms with Crippen molar-refractivity contribution in [1.29, 1.82) is 0 Å². The van der Waals surface area contributed by atoms with Crippen LogP contribution in [0.3, 0.4) is 0 Å². The maximum atomic E-state index is 12.7. The fraction of sp³-hybridized carbons (Fsp3) is 0.211. The van der Waals surface area contributed by atoms with Crippen molar-refractivity contribution in [3.05, 3.63) is 71.8 Å². The molecule has 1 aliphatic rings. The van der Waals surface area contributed by atoms with Crippen molar-refractivity contribution in [2.75, 3.05) is 6.54 Å². The predicted molar refractivity (Wildman–Crippen MR) is 104 cm³/mol. The zero-order valence-electron chi connectivity index (χ0n) is 15.6. The fourth-order valence-corrected chi connectivity index (χ4v) is 3.49. The molecule has 3 amide bonds. The molecule has 3 rings (SSSR count). The molecule has 0 spiro atoms. The first-order valence-corrected chi connectivity index (χ1v) is 10.3. The average Bonchev–Trinajstić information content (AvgIpc) is 2.73. The highest BCUT2D eigenvalue weighted by Crippen LogP contribution is 2.18. The molecule has 158 valence electrons. The van der Waals surface area contributed by atoms with Gasteiger partial charge in [-0.3, -0.25) is 14.1 Å². The molecule has 0 aromatic heterocycles. The van der Waals surface area contributed by atoms with Crippen molar-refractivity contribution < 1.29 is 32.1 Å². The van der Waals surface area contributed by atoms with Gasteiger partial charge in [-0.15, -0.1) is 0 Å². The van der Waals surface area contributed by atoms with Gasteiger partial charge >= 0.3 is 16.4 Å². The largest absolute Gasteiger partial charge is 0.445 e. The number of alkyl carbamates (subject to hydrolysis) is 1. The molecule has 2 unspecified atom stereocenters. The van der Waals surface area contributed by atoms with Gasteiger partial charge in [-0.25, -0.2) is 9.10 Å². The van der Waals surface area contributed by atoms with Crippen molar-refractivity contribution in [1.82, 2.24) is 14.9 Å². The number of carbonyl (C=O) groups is 3. The number of carbonyl (C=O) groups excluding carboxylic acids is 3. The summed E-state index contributed by atoms with van der Waals surface area (Å²) < 4.78 is 36.3. The van der Waals surface area contributed by atoms with Crippen LogP contribution in [0.15, 0.2) is 60.7 Å². The Balaban J connectivity index is 1.65. The van der Waals surface area contributed by atoms with E-state index in [9.17, 15) is 22.8 Å². The molecule has 10 nitrogen and oxygen atoms in total. The Kier molecular flexibility index (Phi) is 6.33. The van der Waals surface area contributed by atoms with Crippen LogP contribution in [0.1, 0.15) is 17.2 Å². The minimum atomic E-state index is -4.67. The molecule has 3 N–H and O–H groups in total. The summed E-state index contributed by atoms with van der Waals surface area (Å²) in [6.45, 7) is -0.399. The zero-order chi connectivity index (χ0) is 21.7. The van der Waals surface area contributed by atoms with Gasteiger partial charge in [0, 0.05) is 0 Å². The van der Waals surface area contributed by atoms with Crippen LogP contribution in [-0.4, -0.2) is 47.8 Å². The van der Waals surface area contributed by atoms with E-state index < -0.39 is 46.8 Å². The molecule has 0 aliphatic carbocycles. The maximum Gasteiger partial charge on any atom is 0.408 e. The number of nitrogens with zero attached hydrogens (tertiary/aromatic N) is 1. The van der Waals surface area contributed by atoms with Crippen molar-refractivity contribution in [3.8, 4) is 0 Å². The molecular weight excluding hydrogens is 414 g/mol. The van der Waals surface area contributed by atoms with Crippen molar-refractivity contribution in [3.63, 3.8) is 0 Å². The van der Waals surface area contributed by atoms with Crippen LogP contribution in [0.4, 0.5) is 4.79 Å². The number of amides is 3. The number of hydrogen-bond acceptors (Lipinski definition) is 6. The summed E-state index contributed by atoms with van der Waals surface area (Å²) in [7, 11) is -4.67. The van der Waals surface area contributed by atoms with Gasteiger partial charge < -0.3 is 15.4 Å². The quantitative estimate of drug-likeness (QED) is 0.433. The number of rotatable bonds is 7. The van der Waals surface area contributed by atoms with Crippen LogP contribution in [0.25, 0.3) is 0 Å². The van der Waals surface area contributed by atoms with Gasteiger partial charge in [0.15, 0.2) is 0 Å². The molecule has 11 heteroatoms. The zero-order valence-corrected chi connectivity index (χ0v) is 16.4. The van der Waals surface area contributed by atoms with Gasteiger partial charge in [0.25, 0.3) is 5.91 Å². The van der Waals surface area contributed by atoms with Gasteiger partial charge in [-0.2, -0.15) is 8.42 Å². The highest BCUT2D eigenvalue weighted by molar-refractivity contribution is 7.84. The molecule has 1 aliphatic heterocycles. The number of nitrogens with one attached hydrogen (secondary N) is 2. The third-order valence-corrected chi connectivity index (χ3v) is 5.24. The van der Waals surface area contributed by atoms with E-state index in [-0.39, 0.29) is 10.9 Å². The first-order valence-electron chi connectivity index (χ1n) is 8.87. The second kappa shape index (κ2) is 8.93. The lowest BCUT2D eigenvalue weighted by molar-refractivity contribution is -0.141. The lowest BCUT2D eigenvalue weighted by Crippen LogP contribution is -2.66. The van der Waals surface area contributed by atoms with Crippen molar-refractivity contribution in [2.45, 2.75) is 18.7 Å². The Hall–Kier alpha value is -3.44. The molecule has 0 bridgehead atoms. The number of ether oxygens (including phenoxy) is 1. The summed E-state index contributed by atoms with van der Waals surface area (Å²) in [6, 6.07) is 14.9. The van der Waals surface area contributed by atoms with Crippen molar-refractivity contribution in [2.24, 2.45) is 0 Å². The molecule has 1 heterocycles.